The number of hydrogen-bond donors (Lipinski definition) is 8. The fourth-order valence-corrected chi connectivity index (χ4v) is 18.6. The Labute approximate surface area is 686 Å². The van der Waals surface area contributed by atoms with Gasteiger partial charge in [0, 0.05) is 61.0 Å². The van der Waals surface area contributed by atoms with Crippen molar-refractivity contribution in [3.8, 4) is 45.3 Å². The van der Waals surface area contributed by atoms with E-state index in [1.165, 1.54) is 6.92 Å². The molecule has 8 N–H and O–H groups in total. The number of benzene rings is 7. The molecule has 117 heavy (non-hydrogen) atoms. The van der Waals surface area contributed by atoms with Gasteiger partial charge in [0.1, 0.15) is 59.2 Å². The molecule has 620 valence electrons. The van der Waals surface area contributed by atoms with Gasteiger partial charge in [-0.3, -0.25) is 33.6 Å². The Morgan fingerprint density at radius 1 is 0.658 bits per heavy atom. The van der Waals surface area contributed by atoms with Crippen LogP contribution in [0.3, 0.4) is 0 Å². The van der Waals surface area contributed by atoms with Gasteiger partial charge in [0.2, 0.25) is 17.7 Å². The number of aryl methyl sites for hydroxylation is 5. The van der Waals surface area contributed by atoms with E-state index in [0.29, 0.717) is 69.3 Å². The lowest BCUT2D eigenvalue weighted by Crippen LogP contribution is -2.57. The predicted octanol–water partition coefficient (Wildman–Crippen LogP) is 15.7. The third-order valence-electron chi connectivity index (χ3n) is 26.2. The molecule has 0 saturated carbocycles. The Morgan fingerprint density at radius 2 is 1.28 bits per heavy atom. The maximum Gasteiger partial charge on any atom is 0.311 e. The summed E-state index contributed by atoms with van der Waals surface area (Å²) in [5, 5.41) is 69.0. The molecule has 3 amide bonds. The second kappa shape index (κ2) is 35.8. The topological polar surface area (TPSA) is 311 Å². The quantitative estimate of drug-likeness (QED) is 0.0310. The van der Waals surface area contributed by atoms with Gasteiger partial charge >= 0.3 is 5.97 Å². The van der Waals surface area contributed by atoms with Crippen LogP contribution in [0.5, 0.6) is 23.0 Å². The van der Waals surface area contributed by atoms with Crippen LogP contribution in [0.4, 0.5) is 0 Å². The van der Waals surface area contributed by atoms with Crippen molar-refractivity contribution in [1.29, 1.82) is 0 Å². The molecule has 0 aliphatic carbocycles. The molecule has 7 heterocycles. The number of ketones is 4. The minimum Gasteiger partial charge on any atom is -0.481 e. The molecular weight excluding hydrogens is 1480 g/mol. The van der Waals surface area contributed by atoms with Gasteiger partial charge in [-0.05, 0) is 225 Å². The third kappa shape index (κ3) is 18.6. The standard InChI is InChI=1S/C97H115N3O17/c1-17-61(32-48(2)3)93(109)100-89-77(103)39-69(37-55(10)102)94(110)99-88-68-40-82(115-80-30-28-65(33-52(80)7)58(13)87-54(9)36-74(96(112)113)73-35-51(6)56(11)57(12)86(73)71-38-66(23-20-50(71)5)72(43-78(88)104)95(111)98-87)75(83(41-68)116-81-31-29-67(90(89)106)34-53(81)8)44-84-76(91(107)92(108)85(47-101)117-84)42-70-45-97(16,59(14)60(15)114-70)46-79(105)64-26-24-63(25-27-64)62-21-18-49(4)19-22-62/h18-31,33-35,38,40-41,48,58-61,69-70,72,74,76,84-85,87-92,101,106-108H,9,17,32,36-37,39,42-47H2,1-8,10-16H3,(H,98,111)(H,99,110)(H,100,109)(H,112,113)/t58-,59-,60+,61-,69-,70+,72+,74+,76+,84+,85-,87-,88?,89?,90-,91-,92-,97-/m1/s1. The monoisotopic (exact) mass is 1590 g/mol. The number of aliphatic carboxylic acids is 1. The summed E-state index contributed by atoms with van der Waals surface area (Å²) in [4.78, 5) is 121. The molecule has 0 radical (unpaired) electrons. The van der Waals surface area contributed by atoms with Gasteiger partial charge in [-0.15, -0.1) is 0 Å². The number of carbonyl (C=O) groups excluding carboxylic acids is 7. The van der Waals surface area contributed by atoms with Crippen molar-refractivity contribution in [3.63, 3.8) is 0 Å². The molecule has 7 aromatic carbocycles. The Bertz CT molecular complexity index is 4990. The predicted molar refractivity (Wildman–Crippen MR) is 447 cm³/mol. The Morgan fingerprint density at radius 3 is 1.89 bits per heavy atom. The van der Waals surface area contributed by atoms with E-state index in [2.05, 4.69) is 36.4 Å². The fraction of sp³-hybridized carbons (Fsp3) is 0.464. The molecule has 2 unspecified atom stereocenters. The highest BCUT2D eigenvalue weighted by atomic mass is 16.5. The zero-order valence-electron chi connectivity index (χ0n) is 70.1. The number of rotatable bonds is 17. The zero-order valence-corrected chi connectivity index (χ0v) is 70.1. The van der Waals surface area contributed by atoms with E-state index in [-0.39, 0.29) is 89.1 Å². The Balaban J connectivity index is 1.05. The molecular formula is C97H115N3O17. The van der Waals surface area contributed by atoms with Crippen LogP contribution in [-0.4, -0.2) is 128 Å². The highest BCUT2D eigenvalue weighted by molar-refractivity contribution is 6.00. The van der Waals surface area contributed by atoms with Crippen molar-refractivity contribution >= 4 is 46.8 Å². The average Bonchev–Trinajstić information content (AvgIpc) is 0.739. The van der Waals surface area contributed by atoms with Gasteiger partial charge in [-0.25, -0.2) is 0 Å². The molecule has 0 aromatic heterocycles. The van der Waals surface area contributed by atoms with Gasteiger partial charge < -0.3 is 65.2 Å². The van der Waals surface area contributed by atoms with Crippen molar-refractivity contribution in [2.45, 2.75) is 247 Å². The summed E-state index contributed by atoms with van der Waals surface area (Å²) in [5.74, 6) is -10.9. The van der Waals surface area contributed by atoms with Crippen LogP contribution in [0.15, 0.2) is 133 Å². The zero-order chi connectivity index (χ0) is 84.7. The third-order valence-corrected chi connectivity index (χ3v) is 26.2. The summed E-state index contributed by atoms with van der Waals surface area (Å²) in [6.07, 6.45) is -9.01. The van der Waals surface area contributed by atoms with Gasteiger partial charge in [-0.1, -0.05) is 150 Å². The highest BCUT2D eigenvalue weighted by Crippen LogP contribution is 2.51. The van der Waals surface area contributed by atoms with Crippen molar-refractivity contribution < 1.29 is 82.8 Å². The van der Waals surface area contributed by atoms with Crippen LogP contribution >= 0.6 is 0 Å². The number of carbonyl (C=O) groups is 8. The number of aliphatic hydroxyl groups excluding tert-OH is 4. The summed E-state index contributed by atoms with van der Waals surface area (Å²) < 4.78 is 28.3. The number of ether oxygens (including phenoxy) is 4. The number of Topliss-reactive ketones (excluding diaryl/α,β-unsaturated/α-hetero) is 4. The molecule has 2 fully saturated rings. The molecule has 7 aliphatic heterocycles. The lowest BCUT2D eigenvalue weighted by Gasteiger charge is -2.49. The maximum atomic E-state index is 16.7. The number of fused-ring (bicyclic) bond motifs is 15. The molecule has 7 aromatic rings. The number of nitrogens with one attached hydrogen (secondary N) is 3. The minimum absolute atomic E-state index is 0.0174. The van der Waals surface area contributed by atoms with Gasteiger partial charge in [0.05, 0.1) is 54.8 Å². The van der Waals surface area contributed by atoms with E-state index in [1.807, 2.05) is 155 Å². The van der Waals surface area contributed by atoms with Crippen LogP contribution in [0.25, 0.3) is 22.3 Å². The van der Waals surface area contributed by atoms with Crippen LogP contribution in [0.1, 0.15) is 226 Å². The van der Waals surface area contributed by atoms with E-state index in [4.69, 9.17) is 18.9 Å². The first-order valence-corrected chi connectivity index (χ1v) is 41.4. The highest BCUT2D eigenvalue weighted by Gasteiger charge is 2.50. The van der Waals surface area contributed by atoms with Crippen LogP contribution < -0.4 is 25.4 Å². The minimum atomic E-state index is -1.79. The average molecular weight is 1590 g/mol. The van der Waals surface area contributed by atoms with Gasteiger partial charge in [0.15, 0.2) is 17.3 Å². The summed E-state index contributed by atoms with van der Waals surface area (Å²) in [6.45, 7) is 32.3. The van der Waals surface area contributed by atoms with Crippen molar-refractivity contribution in [3.05, 3.63) is 211 Å². The summed E-state index contributed by atoms with van der Waals surface area (Å²) in [7, 11) is 0. The number of aliphatic hydroxyl groups is 4. The summed E-state index contributed by atoms with van der Waals surface area (Å²) in [5.41, 5.74) is 11.2. The molecule has 2 saturated heterocycles. The Hall–Kier alpha value is -9.80. The smallest absolute Gasteiger partial charge is 0.311 e. The van der Waals surface area contributed by atoms with Gasteiger partial charge in [0.25, 0.3) is 0 Å². The first-order valence-electron chi connectivity index (χ1n) is 41.4. The first-order chi connectivity index (χ1) is 55.4. The van der Waals surface area contributed by atoms with E-state index in [1.54, 1.807) is 49.4 Å². The van der Waals surface area contributed by atoms with Crippen molar-refractivity contribution in [1.82, 2.24) is 16.0 Å². The van der Waals surface area contributed by atoms with Crippen LogP contribution in [0, 0.1) is 83.5 Å². The molecule has 20 heteroatoms. The number of carboxylic acids is 1. The summed E-state index contributed by atoms with van der Waals surface area (Å²) >= 11 is 0. The van der Waals surface area contributed by atoms with E-state index in [0.717, 1.165) is 38.9 Å². The lowest BCUT2D eigenvalue weighted by atomic mass is 9.65. The molecule has 11 bridgehead atoms. The van der Waals surface area contributed by atoms with E-state index >= 15 is 19.2 Å². The van der Waals surface area contributed by atoms with Gasteiger partial charge in [-0.2, -0.15) is 0 Å². The lowest BCUT2D eigenvalue weighted by molar-refractivity contribution is -0.221. The molecule has 0 spiro atoms. The fourth-order valence-electron chi connectivity index (χ4n) is 18.6. The summed E-state index contributed by atoms with van der Waals surface area (Å²) in [6, 6.07) is 32.1. The maximum absolute atomic E-state index is 16.7. The molecule has 14 rings (SSSR count). The van der Waals surface area contributed by atoms with E-state index < -0.39 is 163 Å². The molecule has 7 aliphatic rings. The van der Waals surface area contributed by atoms with Crippen molar-refractivity contribution in [2.24, 2.45) is 35.0 Å². The number of hydrogen-bond acceptors (Lipinski definition) is 16. The van der Waals surface area contributed by atoms with Crippen LogP contribution in [0.2, 0.25) is 0 Å². The van der Waals surface area contributed by atoms with Crippen molar-refractivity contribution in [2.75, 3.05) is 6.61 Å². The number of carboxylic acid groups (broad SMARTS) is 1. The molecule has 18 atom stereocenters. The normalized spacial score (nSPS) is 27.2. The second-order valence-corrected chi connectivity index (χ2v) is 35.0. The second-order valence-electron chi connectivity index (χ2n) is 35.0. The van der Waals surface area contributed by atoms with E-state index in [9.17, 15) is 44.7 Å². The largest absolute Gasteiger partial charge is 0.481 e. The first kappa shape index (κ1) is 86.5. The molecule has 20 nitrogen and oxygen atoms in total. The number of amides is 3. The SMILES string of the molecule is C=C1C[C@H](C(=O)O)c2cc(C)c(C)c(C)c2-c2cc(ccc2C)[C@@H]2CC(=O)C3NC(=O)[C@H](CC(C)=O)CC(=O)C(NC(=O)[C@H](CC)CC(C)C)[C@H](O)c4ccc(c(C)c4)Oc4cc3cc(c4C[C@@H]3O[C@H](CO)[C@@H](O)[C@H](O)[C@H]3C[C@H]3C[C@](C)(CC(=O)c4ccc(-c5ccc(C)cc5)cc4)[C@H](C)[C@H](C)O3)Oc3ccc(cc3C)[C@@H](C)[C@@H]1NC2=O. The Kier molecular flexibility index (Phi) is 26.5. The van der Waals surface area contributed by atoms with Crippen LogP contribution in [-0.2, 0) is 49.5 Å².